The van der Waals surface area contributed by atoms with Crippen molar-refractivity contribution in [1.29, 1.82) is 0 Å². The van der Waals surface area contributed by atoms with Crippen LogP contribution in [0.4, 0.5) is 0 Å². The van der Waals surface area contributed by atoms with E-state index in [1.165, 1.54) is 4.68 Å². The molecule has 27 heavy (non-hydrogen) atoms. The first-order valence-corrected chi connectivity index (χ1v) is 8.44. The Labute approximate surface area is 153 Å². The Kier molecular flexibility index (Phi) is 4.44. The van der Waals surface area contributed by atoms with Gasteiger partial charge in [-0.1, -0.05) is 35.5 Å². The molecule has 8 nitrogen and oxygen atoms in total. The highest BCUT2D eigenvalue weighted by molar-refractivity contribution is 5.91. The van der Waals surface area contributed by atoms with Gasteiger partial charge in [-0.25, -0.2) is 9.67 Å². The second-order valence-electron chi connectivity index (χ2n) is 5.92. The van der Waals surface area contributed by atoms with Crippen LogP contribution in [0.15, 0.2) is 65.6 Å². The molecule has 2 aromatic carbocycles. The predicted molar refractivity (Wildman–Crippen MR) is 99.8 cm³/mol. The summed E-state index contributed by atoms with van der Waals surface area (Å²) in [6.45, 7) is 0.318. The quantitative estimate of drug-likeness (QED) is 0.561. The van der Waals surface area contributed by atoms with E-state index in [4.69, 9.17) is 0 Å². The number of nitrogens with one attached hydrogen (secondary N) is 2. The van der Waals surface area contributed by atoms with Crippen molar-refractivity contribution < 1.29 is 4.79 Å². The summed E-state index contributed by atoms with van der Waals surface area (Å²) in [5.74, 6) is 0.187. The standard InChI is InChI=1S/C19H16N6O2/c26-18-14-8-4-5-9-15(14)21-17(22-18)10-11-20-19(27)16-12-25(24-23-16)13-6-2-1-3-7-13/h1-9,12H,10-11H2,(H,20,27)(H,21,22,26). The lowest BCUT2D eigenvalue weighted by Crippen LogP contribution is -2.27. The van der Waals surface area contributed by atoms with Gasteiger partial charge in [0.1, 0.15) is 5.82 Å². The van der Waals surface area contributed by atoms with Crippen LogP contribution >= 0.6 is 0 Å². The molecule has 0 unspecified atom stereocenters. The molecule has 0 radical (unpaired) electrons. The van der Waals surface area contributed by atoms with Crippen LogP contribution in [0.5, 0.6) is 0 Å². The Hall–Kier alpha value is -3.81. The Morgan fingerprint density at radius 3 is 2.70 bits per heavy atom. The van der Waals surface area contributed by atoms with Crippen LogP contribution in [0.25, 0.3) is 16.6 Å². The van der Waals surface area contributed by atoms with Crippen LogP contribution < -0.4 is 10.9 Å². The minimum Gasteiger partial charge on any atom is -0.350 e. The Bertz CT molecular complexity index is 1150. The van der Waals surface area contributed by atoms with Crippen molar-refractivity contribution >= 4 is 16.8 Å². The first-order chi connectivity index (χ1) is 13.2. The number of nitrogens with zero attached hydrogens (tertiary/aromatic N) is 4. The van der Waals surface area contributed by atoms with Crippen molar-refractivity contribution in [3.8, 4) is 5.69 Å². The molecular weight excluding hydrogens is 344 g/mol. The second kappa shape index (κ2) is 7.20. The van der Waals surface area contributed by atoms with Gasteiger partial charge < -0.3 is 10.3 Å². The van der Waals surface area contributed by atoms with Gasteiger partial charge in [0, 0.05) is 13.0 Å². The molecule has 8 heteroatoms. The molecule has 134 valence electrons. The number of hydrogen-bond donors (Lipinski definition) is 2. The molecule has 4 aromatic rings. The second-order valence-corrected chi connectivity index (χ2v) is 5.92. The number of hydrogen-bond acceptors (Lipinski definition) is 5. The number of amides is 1. The zero-order valence-electron chi connectivity index (χ0n) is 14.3. The molecule has 2 heterocycles. The molecule has 0 spiro atoms. The highest BCUT2D eigenvalue weighted by Crippen LogP contribution is 2.07. The van der Waals surface area contributed by atoms with E-state index in [1.54, 1.807) is 24.4 Å². The fourth-order valence-corrected chi connectivity index (χ4v) is 2.71. The lowest BCUT2D eigenvalue weighted by atomic mass is 10.2. The summed E-state index contributed by atoms with van der Waals surface area (Å²) in [5.41, 5.74) is 1.49. The van der Waals surface area contributed by atoms with Crippen molar-refractivity contribution in [2.45, 2.75) is 6.42 Å². The highest BCUT2D eigenvalue weighted by atomic mass is 16.2. The van der Waals surface area contributed by atoms with Gasteiger partial charge in [0.25, 0.3) is 11.5 Å². The predicted octanol–water partition coefficient (Wildman–Crippen LogP) is 1.48. The summed E-state index contributed by atoms with van der Waals surface area (Å²) in [6, 6.07) is 16.5. The van der Waals surface area contributed by atoms with E-state index in [-0.39, 0.29) is 17.2 Å². The lowest BCUT2D eigenvalue weighted by molar-refractivity contribution is 0.0949. The molecule has 0 bridgehead atoms. The smallest absolute Gasteiger partial charge is 0.273 e. The third kappa shape index (κ3) is 3.59. The van der Waals surface area contributed by atoms with E-state index in [9.17, 15) is 9.59 Å². The Morgan fingerprint density at radius 2 is 1.85 bits per heavy atom. The van der Waals surface area contributed by atoms with Crippen molar-refractivity contribution in [3.63, 3.8) is 0 Å². The van der Waals surface area contributed by atoms with Crippen LogP contribution in [0.1, 0.15) is 16.3 Å². The minimum atomic E-state index is -0.333. The highest BCUT2D eigenvalue weighted by Gasteiger charge is 2.11. The summed E-state index contributed by atoms with van der Waals surface area (Å²) >= 11 is 0. The first-order valence-electron chi connectivity index (χ1n) is 8.44. The number of fused-ring (bicyclic) bond motifs is 1. The molecule has 0 fully saturated rings. The Morgan fingerprint density at radius 1 is 1.07 bits per heavy atom. The largest absolute Gasteiger partial charge is 0.350 e. The van der Waals surface area contributed by atoms with Gasteiger partial charge in [0.2, 0.25) is 0 Å². The molecule has 4 rings (SSSR count). The van der Waals surface area contributed by atoms with Crippen LogP contribution in [-0.2, 0) is 6.42 Å². The molecule has 0 aliphatic rings. The van der Waals surface area contributed by atoms with Gasteiger partial charge in [0.05, 0.1) is 22.8 Å². The molecule has 0 saturated carbocycles. The number of rotatable bonds is 5. The zero-order valence-corrected chi connectivity index (χ0v) is 14.3. The fraction of sp³-hybridized carbons (Fsp3) is 0.105. The van der Waals surface area contributed by atoms with Crippen molar-refractivity contribution in [2.75, 3.05) is 6.54 Å². The average molecular weight is 360 g/mol. The van der Waals surface area contributed by atoms with Crippen molar-refractivity contribution in [1.82, 2.24) is 30.3 Å². The van der Waals surface area contributed by atoms with Gasteiger partial charge in [-0.2, -0.15) is 0 Å². The number of benzene rings is 2. The molecule has 0 aliphatic heterocycles. The van der Waals surface area contributed by atoms with Crippen LogP contribution in [-0.4, -0.2) is 37.4 Å². The van der Waals surface area contributed by atoms with Crippen molar-refractivity contribution in [3.05, 3.63) is 82.7 Å². The van der Waals surface area contributed by atoms with E-state index < -0.39 is 0 Å². The van der Waals surface area contributed by atoms with E-state index in [0.29, 0.717) is 29.7 Å². The van der Waals surface area contributed by atoms with Crippen LogP contribution in [0.2, 0.25) is 0 Å². The summed E-state index contributed by atoms with van der Waals surface area (Å²) in [6.07, 6.45) is 1.97. The molecule has 0 aliphatic carbocycles. The van der Waals surface area contributed by atoms with E-state index in [0.717, 1.165) is 5.69 Å². The first kappa shape index (κ1) is 16.6. The molecule has 0 atom stereocenters. The third-order valence-electron chi connectivity index (χ3n) is 4.06. The van der Waals surface area contributed by atoms with Crippen LogP contribution in [0.3, 0.4) is 0 Å². The third-order valence-corrected chi connectivity index (χ3v) is 4.06. The normalized spacial score (nSPS) is 10.8. The van der Waals surface area contributed by atoms with Gasteiger partial charge >= 0.3 is 0 Å². The van der Waals surface area contributed by atoms with Crippen LogP contribution in [0, 0.1) is 0 Å². The van der Waals surface area contributed by atoms with E-state index in [1.807, 2.05) is 36.4 Å². The molecule has 2 aromatic heterocycles. The van der Waals surface area contributed by atoms with Gasteiger partial charge in [-0.05, 0) is 24.3 Å². The summed E-state index contributed by atoms with van der Waals surface area (Å²) in [7, 11) is 0. The Balaban J connectivity index is 1.40. The summed E-state index contributed by atoms with van der Waals surface area (Å²) in [4.78, 5) is 31.4. The van der Waals surface area contributed by atoms with Gasteiger partial charge in [0.15, 0.2) is 5.69 Å². The molecular formula is C19H16N6O2. The topological polar surface area (TPSA) is 106 Å². The summed E-state index contributed by atoms with van der Waals surface area (Å²) in [5, 5.41) is 11.2. The summed E-state index contributed by atoms with van der Waals surface area (Å²) < 4.78 is 1.54. The number of carbonyl (C=O) groups excluding carboxylic acids is 1. The lowest BCUT2D eigenvalue weighted by Gasteiger charge is -2.04. The molecule has 2 N–H and O–H groups in total. The van der Waals surface area contributed by atoms with Gasteiger partial charge in [-0.15, -0.1) is 5.10 Å². The fourth-order valence-electron chi connectivity index (χ4n) is 2.71. The number of aromatic amines is 1. The van der Waals surface area contributed by atoms with Gasteiger partial charge in [-0.3, -0.25) is 9.59 Å². The zero-order chi connectivity index (χ0) is 18.6. The van der Waals surface area contributed by atoms with Crippen molar-refractivity contribution in [2.24, 2.45) is 0 Å². The number of carbonyl (C=O) groups is 1. The molecule has 1 amide bonds. The number of H-pyrrole nitrogens is 1. The maximum Gasteiger partial charge on any atom is 0.273 e. The minimum absolute atomic E-state index is 0.187. The SMILES string of the molecule is O=C(NCCc1nc2ccccc2c(=O)[nH]1)c1cn(-c2ccccc2)nn1. The molecule has 0 saturated heterocycles. The monoisotopic (exact) mass is 360 g/mol. The number of aromatic nitrogens is 5. The maximum absolute atomic E-state index is 12.2. The maximum atomic E-state index is 12.2. The number of para-hydroxylation sites is 2. The average Bonchev–Trinajstić information content (AvgIpc) is 3.19. The van der Waals surface area contributed by atoms with E-state index >= 15 is 0 Å². The van der Waals surface area contributed by atoms with E-state index in [2.05, 4.69) is 25.6 Å².